The summed E-state index contributed by atoms with van der Waals surface area (Å²) < 4.78 is 121. The van der Waals surface area contributed by atoms with Crippen molar-refractivity contribution < 1.29 is 49.7 Å². The average molecular weight is 663 g/mol. The molecule has 11 heteroatoms. The predicted octanol–water partition coefficient (Wildman–Crippen LogP) is 9.91. The zero-order valence-corrected chi connectivity index (χ0v) is 26.5. The first-order chi connectivity index (χ1) is 22.0. The quantitative estimate of drug-likeness (QED) is 0.168. The van der Waals surface area contributed by atoms with Gasteiger partial charge >= 0.3 is 0 Å². The summed E-state index contributed by atoms with van der Waals surface area (Å²) in [6.45, 7) is 0.926. The van der Waals surface area contributed by atoms with Crippen LogP contribution in [-0.4, -0.2) is 45.4 Å². The van der Waals surface area contributed by atoms with Gasteiger partial charge in [0.25, 0.3) is 0 Å². The van der Waals surface area contributed by atoms with Crippen molar-refractivity contribution in [2.75, 3.05) is 26.9 Å². The molecule has 0 spiro atoms. The van der Waals surface area contributed by atoms with Crippen LogP contribution in [0.25, 0.3) is 0 Å². The van der Waals surface area contributed by atoms with Crippen molar-refractivity contribution in [2.45, 2.75) is 96.1 Å². The Labute approximate surface area is 266 Å². The van der Waals surface area contributed by atoms with Gasteiger partial charge in [-0.2, -0.15) is 17.6 Å². The van der Waals surface area contributed by atoms with Crippen LogP contribution in [0.4, 0.5) is 30.7 Å². The third-order valence-corrected chi connectivity index (χ3v) is 9.37. The first-order valence-electron chi connectivity index (χ1n) is 16.3. The van der Waals surface area contributed by atoms with Gasteiger partial charge in [-0.25, -0.2) is 13.2 Å². The summed E-state index contributed by atoms with van der Waals surface area (Å²) in [6, 6.07) is 4.70. The first-order valence-corrected chi connectivity index (χ1v) is 16.3. The summed E-state index contributed by atoms with van der Waals surface area (Å²) in [5.41, 5.74) is 0. The van der Waals surface area contributed by atoms with E-state index in [2.05, 4.69) is 6.92 Å². The number of benzene rings is 2. The minimum Gasteiger partial charge on any atom is -0.494 e. The zero-order valence-electron chi connectivity index (χ0n) is 26.5. The molecule has 3 atom stereocenters. The summed E-state index contributed by atoms with van der Waals surface area (Å²) >= 11 is 0. The molecule has 0 radical (unpaired) electrons. The van der Waals surface area contributed by atoms with E-state index in [1.54, 1.807) is 0 Å². The normalized spacial score (nSPS) is 23.8. The summed E-state index contributed by atoms with van der Waals surface area (Å²) in [5.74, 6) is -5.58. The van der Waals surface area contributed by atoms with Gasteiger partial charge in [0.05, 0.1) is 7.11 Å². The lowest BCUT2D eigenvalue weighted by Gasteiger charge is -2.30. The van der Waals surface area contributed by atoms with E-state index in [1.165, 1.54) is 19.2 Å². The monoisotopic (exact) mass is 662 g/mol. The topological polar surface area (TPSA) is 36.9 Å². The highest BCUT2D eigenvalue weighted by atomic mass is 19.2. The molecule has 2 aromatic rings. The van der Waals surface area contributed by atoms with Crippen LogP contribution < -0.4 is 18.9 Å². The number of rotatable bonds is 16. The van der Waals surface area contributed by atoms with E-state index in [0.717, 1.165) is 37.8 Å². The minimum atomic E-state index is -1.42. The fraction of sp³-hybridized carbons (Fsp3) is 0.657. The van der Waals surface area contributed by atoms with Gasteiger partial charge in [-0.3, -0.25) is 0 Å². The summed E-state index contributed by atoms with van der Waals surface area (Å²) in [5, 5.41) is 0. The second kappa shape index (κ2) is 17.3. The Hall–Kier alpha value is -2.85. The third kappa shape index (κ3) is 10.3. The smallest absolute Gasteiger partial charge is 0.204 e. The van der Waals surface area contributed by atoms with Crippen molar-refractivity contribution in [3.63, 3.8) is 0 Å². The number of ether oxygens (including phenoxy) is 4. The number of hydrogen-bond acceptors (Lipinski definition) is 4. The Morgan fingerprint density at radius 2 is 0.804 bits per heavy atom. The molecule has 3 unspecified atom stereocenters. The third-order valence-electron chi connectivity index (χ3n) is 9.37. The van der Waals surface area contributed by atoms with E-state index >= 15 is 0 Å². The second-order valence-electron chi connectivity index (χ2n) is 13.0. The molecule has 0 heterocycles. The van der Waals surface area contributed by atoms with E-state index in [4.69, 9.17) is 18.9 Å². The van der Waals surface area contributed by atoms with Gasteiger partial charge in [-0.05, 0) is 67.2 Å². The Morgan fingerprint density at radius 3 is 1.13 bits per heavy atom. The molecule has 46 heavy (non-hydrogen) atoms. The largest absolute Gasteiger partial charge is 0.494 e. The molecule has 2 saturated carbocycles. The van der Waals surface area contributed by atoms with Crippen molar-refractivity contribution in [3.05, 3.63) is 47.5 Å². The summed E-state index contributed by atoms with van der Waals surface area (Å²) in [6.07, 6.45) is 3.35. The molecule has 4 nitrogen and oxygen atoms in total. The van der Waals surface area contributed by atoms with Crippen molar-refractivity contribution in [3.8, 4) is 23.0 Å². The lowest BCUT2D eigenvalue weighted by atomic mass is 9.78. The average Bonchev–Trinajstić information content (AvgIpc) is 3.04. The van der Waals surface area contributed by atoms with E-state index in [1.807, 2.05) is 0 Å². The Kier molecular flexibility index (Phi) is 13.6. The highest BCUT2D eigenvalue weighted by Gasteiger charge is 2.28. The summed E-state index contributed by atoms with van der Waals surface area (Å²) in [7, 11) is 1.20. The van der Waals surface area contributed by atoms with E-state index in [-0.39, 0.29) is 43.0 Å². The highest BCUT2D eigenvalue weighted by Crippen LogP contribution is 2.36. The maximum absolute atomic E-state index is 14.7. The maximum Gasteiger partial charge on any atom is 0.204 e. The minimum absolute atomic E-state index is 0.0311. The lowest BCUT2D eigenvalue weighted by molar-refractivity contribution is 0.122. The molecule has 0 aliphatic heterocycles. The van der Waals surface area contributed by atoms with Crippen molar-refractivity contribution in [2.24, 2.45) is 23.7 Å². The molecule has 2 aliphatic carbocycles. The lowest BCUT2D eigenvalue weighted by Crippen LogP contribution is -2.24. The Morgan fingerprint density at radius 1 is 0.522 bits per heavy atom. The zero-order chi connectivity index (χ0) is 33.2. The van der Waals surface area contributed by atoms with Crippen LogP contribution >= 0.6 is 0 Å². The molecule has 2 aromatic carbocycles. The molecule has 2 fully saturated rings. The van der Waals surface area contributed by atoms with Gasteiger partial charge in [0.2, 0.25) is 23.3 Å². The molecular weight excluding hydrogens is 617 g/mol. The number of alkyl halides is 3. The van der Waals surface area contributed by atoms with Crippen molar-refractivity contribution in [1.82, 2.24) is 0 Å². The van der Waals surface area contributed by atoms with E-state index in [0.29, 0.717) is 38.0 Å². The molecule has 2 aliphatic rings. The van der Waals surface area contributed by atoms with Gasteiger partial charge < -0.3 is 18.9 Å². The van der Waals surface area contributed by atoms with E-state index in [9.17, 15) is 30.7 Å². The van der Waals surface area contributed by atoms with Crippen LogP contribution in [0.2, 0.25) is 0 Å². The number of hydrogen-bond donors (Lipinski definition) is 0. The highest BCUT2D eigenvalue weighted by molar-refractivity contribution is 5.35. The molecular formula is C35H45F7O4. The Bertz CT molecular complexity index is 1230. The van der Waals surface area contributed by atoms with Gasteiger partial charge in [0, 0.05) is 0 Å². The molecule has 0 aromatic heterocycles. The van der Waals surface area contributed by atoms with Crippen LogP contribution in [0.3, 0.4) is 0 Å². The fourth-order valence-corrected chi connectivity index (χ4v) is 6.62. The van der Waals surface area contributed by atoms with Crippen molar-refractivity contribution in [1.29, 1.82) is 0 Å². The SMILES string of the molecule is COc1ccc(OCC(F)CC2CCC(CC(F)COc3ccc(OCC(F)CC4CCC(C)CC4)c(F)c3F)CC2)c(F)c1F. The molecule has 0 N–H and O–H groups in total. The summed E-state index contributed by atoms with van der Waals surface area (Å²) in [4.78, 5) is 0. The van der Waals surface area contributed by atoms with Crippen LogP contribution in [-0.2, 0) is 0 Å². The molecule has 4 rings (SSSR count). The van der Waals surface area contributed by atoms with Gasteiger partial charge in [0.15, 0.2) is 23.0 Å². The van der Waals surface area contributed by atoms with Crippen LogP contribution in [0.15, 0.2) is 24.3 Å². The van der Waals surface area contributed by atoms with Gasteiger partial charge in [-0.15, -0.1) is 0 Å². The fourth-order valence-electron chi connectivity index (χ4n) is 6.62. The van der Waals surface area contributed by atoms with Crippen LogP contribution in [0.1, 0.15) is 77.6 Å². The van der Waals surface area contributed by atoms with Crippen LogP contribution in [0, 0.1) is 46.9 Å². The Balaban J connectivity index is 1.13. The molecule has 258 valence electrons. The first kappa shape index (κ1) is 36.0. The predicted molar refractivity (Wildman–Crippen MR) is 161 cm³/mol. The molecule has 0 saturated heterocycles. The van der Waals surface area contributed by atoms with Gasteiger partial charge in [0.1, 0.15) is 38.3 Å². The van der Waals surface area contributed by atoms with E-state index < -0.39 is 72.2 Å². The maximum atomic E-state index is 14.7. The van der Waals surface area contributed by atoms with Crippen LogP contribution in [0.5, 0.6) is 23.0 Å². The van der Waals surface area contributed by atoms with Gasteiger partial charge in [-0.1, -0.05) is 58.3 Å². The number of halogens is 7. The standard InChI is InChI=1S/C35H45F7O4/c1-21-3-5-22(6-4-21)15-25(36)18-45-30-13-14-31(35(42)34(30)41)46-20-27(38)17-24-9-7-23(8-10-24)16-26(37)19-44-29-12-11-28(43-2)32(39)33(29)40/h11-14,21-27H,3-10,15-20H2,1-2H3. The molecule has 0 bridgehead atoms. The molecule has 0 amide bonds. The number of methoxy groups -OCH3 is 1. The second-order valence-corrected chi connectivity index (χ2v) is 13.0. The van der Waals surface area contributed by atoms with Crippen molar-refractivity contribution >= 4 is 0 Å².